The van der Waals surface area contributed by atoms with Crippen LogP contribution in [0.2, 0.25) is 16.6 Å². The van der Waals surface area contributed by atoms with Crippen molar-refractivity contribution in [2.75, 3.05) is 7.11 Å². The van der Waals surface area contributed by atoms with Crippen molar-refractivity contribution in [1.82, 2.24) is 0 Å². The number of hydrogen-bond acceptors (Lipinski definition) is 2. The van der Waals surface area contributed by atoms with Crippen molar-refractivity contribution in [3.8, 4) is 23.3 Å². The van der Waals surface area contributed by atoms with Crippen molar-refractivity contribution in [2.45, 2.75) is 77.9 Å². The van der Waals surface area contributed by atoms with Gasteiger partial charge in [0, 0.05) is 11.6 Å². The van der Waals surface area contributed by atoms with Gasteiger partial charge in [-0.25, -0.2) is 4.79 Å². The van der Waals surface area contributed by atoms with Gasteiger partial charge in [0.1, 0.15) is 8.07 Å². The van der Waals surface area contributed by atoms with Crippen molar-refractivity contribution >= 4 is 14.0 Å². The van der Waals surface area contributed by atoms with Gasteiger partial charge in [-0.1, -0.05) is 73.0 Å². The normalized spacial score (nSPS) is 12.2. The Kier molecular flexibility index (Phi) is 11.0. The first kappa shape index (κ1) is 23.3. The second kappa shape index (κ2) is 11.8. The standard InChI is InChI=1S/C22H34O2Si/c1-9-13-21(15-12-16-22(23)24-8)14-10-11-17-25(18(2)3,19(4)5)20(6)7/h12,15-16,18-20H,9,13H2,1-8H3/b16-12-,21-15-. The van der Waals surface area contributed by atoms with Crippen LogP contribution in [0.3, 0.4) is 0 Å². The highest BCUT2D eigenvalue weighted by molar-refractivity contribution is 6.90. The number of ether oxygens (including phenoxy) is 1. The molecule has 0 N–H and O–H groups in total. The number of rotatable bonds is 7. The van der Waals surface area contributed by atoms with Gasteiger partial charge in [0.2, 0.25) is 0 Å². The zero-order valence-electron chi connectivity index (χ0n) is 17.2. The highest BCUT2D eigenvalue weighted by Gasteiger charge is 2.41. The Morgan fingerprint density at radius 3 is 2.04 bits per heavy atom. The Labute approximate surface area is 156 Å². The van der Waals surface area contributed by atoms with E-state index in [4.69, 9.17) is 0 Å². The van der Waals surface area contributed by atoms with Gasteiger partial charge in [-0.05, 0) is 34.9 Å². The monoisotopic (exact) mass is 358 g/mol. The topological polar surface area (TPSA) is 26.3 Å². The molecular formula is C22H34O2Si. The number of methoxy groups -OCH3 is 1. The maximum absolute atomic E-state index is 11.1. The van der Waals surface area contributed by atoms with Gasteiger partial charge < -0.3 is 4.74 Å². The van der Waals surface area contributed by atoms with E-state index < -0.39 is 8.07 Å². The van der Waals surface area contributed by atoms with Gasteiger partial charge in [-0.15, -0.1) is 5.54 Å². The average molecular weight is 359 g/mol. The Bertz CT molecular complexity index is 580. The number of esters is 1. The summed E-state index contributed by atoms with van der Waals surface area (Å²) in [6, 6.07) is 0. The second-order valence-electron chi connectivity index (χ2n) is 7.22. The highest BCUT2D eigenvalue weighted by Crippen LogP contribution is 2.40. The molecule has 0 spiro atoms. The molecule has 0 heterocycles. The molecule has 0 aliphatic heterocycles. The molecule has 0 unspecified atom stereocenters. The van der Waals surface area contributed by atoms with Gasteiger partial charge >= 0.3 is 5.97 Å². The molecule has 0 aromatic carbocycles. The second-order valence-corrected chi connectivity index (χ2v) is 12.8. The molecule has 25 heavy (non-hydrogen) atoms. The van der Waals surface area contributed by atoms with E-state index in [1.54, 1.807) is 6.08 Å². The van der Waals surface area contributed by atoms with E-state index in [9.17, 15) is 4.79 Å². The lowest BCUT2D eigenvalue weighted by Crippen LogP contribution is -2.43. The zero-order chi connectivity index (χ0) is 19.5. The molecule has 0 atom stereocenters. The van der Waals surface area contributed by atoms with Crippen LogP contribution >= 0.6 is 0 Å². The SMILES string of the molecule is CCC/C(C#CC#C[Si](C(C)C)(C(C)C)C(C)C)=C/C=C\C(=O)OC. The maximum Gasteiger partial charge on any atom is 0.330 e. The van der Waals surface area contributed by atoms with Crippen LogP contribution in [0, 0.1) is 23.3 Å². The molecule has 0 aromatic rings. The third kappa shape index (κ3) is 7.37. The number of carbonyl (C=O) groups excluding carboxylic acids is 1. The minimum absolute atomic E-state index is 0.360. The third-order valence-corrected chi connectivity index (χ3v) is 11.0. The maximum atomic E-state index is 11.1. The molecule has 0 fully saturated rings. The molecule has 0 aliphatic carbocycles. The molecular weight excluding hydrogens is 324 g/mol. The lowest BCUT2D eigenvalue weighted by molar-refractivity contribution is -0.134. The molecule has 0 aromatic heterocycles. The Hall–Kier alpha value is -1.71. The van der Waals surface area contributed by atoms with Crippen LogP contribution in [0.1, 0.15) is 61.3 Å². The molecule has 0 radical (unpaired) electrons. The highest BCUT2D eigenvalue weighted by atomic mass is 28.3. The predicted molar refractivity (Wildman–Crippen MR) is 111 cm³/mol. The summed E-state index contributed by atoms with van der Waals surface area (Å²) in [5.41, 5.74) is 6.42. The summed E-state index contributed by atoms with van der Waals surface area (Å²) in [4.78, 5) is 11.1. The van der Waals surface area contributed by atoms with Crippen molar-refractivity contribution in [2.24, 2.45) is 0 Å². The smallest absolute Gasteiger partial charge is 0.330 e. The van der Waals surface area contributed by atoms with Gasteiger partial charge in [0.05, 0.1) is 7.11 Å². The van der Waals surface area contributed by atoms with E-state index in [2.05, 4.69) is 76.5 Å². The lowest BCUT2D eigenvalue weighted by atomic mass is 10.1. The summed E-state index contributed by atoms with van der Waals surface area (Å²) >= 11 is 0. The zero-order valence-corrected chi connectivity index (χ0v) is 18.2. The molecule has 0 rings (SSSR count). The summed E-state index contributed by atoms with van der Waals surface area (Å²) in [5.74, 6) is 9.01. The van der Waals surface area contributed by atoms with Crippen molar-refractivity contribution in [3.63, 3.8) is 0 Å². The van der Waals surface area contributed by atoms with E-state index in [1.165, 1.54) is 13.2 Å². The van der Waals surface area contributed by atoms with Gasteiger partial charge in [0.15, 0.2) is 0 Å². The van der Waals surface area contributed by atoms with Crippen LogP contribution < -0.4 is 0 Å². The predicted octanol–water partition coefficient (Wildman–Crippen LogP) is 5.67. The molecule has 2 nitrogen and oxygen atoms in total. The Morgan fingerprint density at radius 2 is 1.60 bits per heavy atom. The molecule has 0 saturated heterocycles. The lowest BCUT2D eigenvalue weighted by Gasteiger charge is -2.37. The van der Waals surface area contributed by atoms with Crippen LogP contribution in [0.4, 0.5) is 0 Å². The summed E-state index contributed by atoms with van der Waals surface area (Å²) in [5, 5.41) is 0. The van der Waals surface area contributed by atoms with Crippen LogP contribution in [0.15, 0.2) is 23.8 Å². The van der Waals surface area contributed by atoms with Gasteiger partial charge in [-0.3, -0.25) is 0 Å². The minimum Gasteiger partial charge on any atom is -0.466 e. The first-order valence-electron chi connectivity index (χ1n) is 9.20. The summed E-state index contributed by atoms with van der Waals surface area (Å²) in [6.45, 7) is 15.9. The van der Waals surface area contributed by atoms with Crippen LogP contribution in [0.25, 0.3) is 0 Å². The van der Waals surface area contributed by atoms with Crippen molar-refractivity contribution in [3.05, 3.63) is 23.8 Å². The molecule has 0 amide bonds. The fourth-order valence-electron chi connectivity index (χ4n) is 3.45. The average Bonchev–Trinajstić information content (AvgIpc) is 2.53. The fourth-order valence-corrected chi connectivity index (χ4v) is 8.60. The summed E-state index contributed by atoms with van der Waals surface area (Å²) < 4.78 is 4.59. The van der Waals surface area contributed by atoms with E-state index in [1.807, 2.05) is 6.08 Å². The van der Waals surface area contributed by atoms with E-state index in [0.29, 0.717) is 16.6 Å². The molecule has 138 valence electrons. The van der Waals surface area contributed by atoms with Crippen LogP contribution in [-0.2, 0) is 9.53 Å². The first-order chi connectivity index (χ1) is 11.7. The Morgan fingerprint density at radius 1 is 1.04 bits per heavy atom. The largest absolute Gasteiger partial charge is 0.466 e. The van der Waals surface area contributed by atoms with Crippen molar-refractivity contribution < 1.29 is 9.53 Å². The summed E-state index contributed by atoms with van der Waals surface area (Å²) in [7, 11) is -0.353. The number of allylic oxidation sites excluding steroid dienone is 3. The molecule has 0 aliphatic rings. The molecule has 0 saturated carbocycles. The van der Waals surface area contributed by atoms with E-state index in [0.717, 1.165) is 18.4 Å². The van der Waals surface area contributed by atoms with Crippen LogP contribution in [0.5, 0.6) is 0 Å². The van der Waals surface area contributed by atoms with Gasteiger partial charge in [-0.2, -0.15) is 0 Å². The molecule has 0 bridgehead atoms. The summed E-state index contributed by atoms with van der Waals surface area (Å²) in [6.07, 6.45) is 6.84. The fraction of sp³-hybridized carbons (Fsp3) is 0.591. The van der Waals surface area contributed by atoms with E-state index in [-0.39, 0.29) is 5.97 Å². The third-order valence-electron chi connectivity index (χ3n) is 4.68. The first-order valence-corrected chi connectivity index (χ1v) is 11.4. The van der Waals surface area contributed by atoms with Crippen molar-refractivity contribution in [1.29, 1.82) is 0 Å². The van der Waals surface area contributed by atoms with E-state index >= 15 is 0 Å². The number of hydrogen-bond donors (Lipinski definition) is 0. The molecule has 3 heteroatoms. The minimum atomic E-state index is -1.72. The Balaban J connectivity index is 5.51. The quantitative estimate of drug-likeness (QED) is 0.193. The number of carbonyl (C=O) groups is 1. The van der Waals surface area contributed by atoms with Crippen LogP contribution in [-0.4, -0.2) is 21.2 Å². The van der Waals surface area contributed by atoms with Gasteiger partial charge in [0.25, 0.3) is 0 Å².